The summed E-state index contributed by atoms with van der Waals surface area (Å²) in [4.78, 5) is 11.2. The third-order valence-electron chi connectivity index (χ3n) is 5.13. The van der Waals surface area contributed by atoms with Crippen molar-refractivity contribution in [2.75, 3.05) is 31.6 Å². The molecule has 1 unspecified atom stereocenters. The van der Waals surface area contributed by atoms with Gasteiger partial charge in [0.25, 0.3) is 0 Å². The summed E-state index contributed by atoms with van der Waals surface area (Å²) in [6.07, 6.45) is 9.51. The van der Waals surface area contributed by atoms with Crippen molar-refractivity contribution < 1.29 is 9.13 Å². The second-order valence-electron chi connectivity index (χ2n) is 7.15. The predicted octanol–water partition coefficient (Wildman–Crippen LogP) is 3.50. The Balaban J connectivity index is 1.27. The van der Waals surface area contributed by atoms with Crippen LogP contribution in [0.25, 0.3) is 5.57 Å². The summed E-state index contributed by atoms with van der Waals surface area (Å²) in [5.74, 6) is 0.469. The molecule has 0 saturated carbocycles. The van der Waals surface area contributed by atoms with E-state index in [0.29, 0.717) is 5.95 Å². The quantitative estimate of drug-likeness (QED) is 0.846. The van der Waals surface area contributed by atoms with E-state index in [1.165, 1.54) is 17.7 Å². The molecule has 1 saturated heterocycles. The Labute approximate surface area is 159 Å². The highest BCUT2D eigenvalue weighted by Crippen LogP contribution is 2.23. The van der Waals surface area contributed by atoms with Crippen LogP contribution >= 0.6 is 0 Å². The molecule has 0 amide bonds. The fraction of sp³-hybridized carbons (Fsp3) is 0.429. The minimum Gasteiger partial charge on any atom is -0.376 e. The molecular weight excluding hydrogens is 343 g/mol. The van der Waals surface area contributed by atoms with Gasteiger partial charge in [-0.2, -0.15) is 0 Å². The van der Waals surface area contributed by atoms with Gasteiger partial charge in [0.2, 0.25) is 5.95 Å². The molecule has 27 heavy (non-hydrogen) atoms. The summed E-state index contributed by atoms with van der Waals surface area (Å²) in [6.45, 7) is 4.31. The highest BCUT2D eigenvalue weighted by molar-refractivity contribution is 5.66. The van der Waals surface area contributed by atoms with E-state index < -0.39 is 0 Å². The summed E-state index contributed by atoms with van der Waals surface area (Å²) in [5, 5.41) is 3.25. The van der Waals surface area contributed by atoms with Gasteiger partial charge in [0.05, 0.1) is 6.10 Å². The Morgan fingerprint density at radius 3 is 2.67 bits per heavy atom. The number of hydrogen-bond donors (Lipinski definition) is 1. The van der Waals surface area contributed by atoms with E-state index in [2.05, 4.69) is 26.3 Å². The first-order chi connectivity index (χ1) is 13.3. The summed E-state index contributed by atoms with van der Waals surface area (Å²) >= 11 is 0. The molecule has 1 N–H and O–H groups in total. The molecule has 0 bridgehead atoms. The Morgan fingerprint density at radius 1 is 1.19 bits per heavy atom. The van der Waals surface area contributed by atoms with Crippen molar-refractivity contribution in [2.24, 2.45) is 0 Å². The molecule has 3 heterocycles. The number of halogens is 1. The topological polar surface area (TPSA) is 50.3 Å². The van der Waals surface area contributed by atoms with Gasteiger partial charge >= 0.3 is 0 Å². The first-order valence-corrected chi connectivity index (χ1v) is 9.60. The minimum absolute atomic E-state index is 0.189. The van der Waals surface area contributed by atoms with E-state index in [9.17, 15) is 4.39 Å². The van der Waals surface area contributed by atoms with Crippen molar-refractivity contribution in [1.82, 2.24) is 14.9 Å². The van der Waals surface area contributed by atoms with Gasteiger partial charge in [0.15, 0.2) is 0 Å². The number of nitrogens with zero attached hydrogens (tertiary/aromatic N) is 3. The van der Waals surface area contributed by atoms with Crippen LogP contribution in [-0.4, -0.2) is 47.2 Å². The maximum atomic E-state index is 13.1. The Hall–Kier alpha value is -2.31. The Kier molecular flexibility index (Phi) is 5.75. The monoisotopic (exact) mass is 368 g/mol. The van der Waals surface area contributed by atoms with Gasteiger partial charge < -0.3 is 10.1 Å². The normalized spacial score (nSPS) is 20.5. The second-order valence-corrected chi connectivity index (χ2v) is 7.15. The van der Waals surface area contributed by atoms with Gasteiger partial charge in [-0.1, -0.05) is 18.2 Å². The number of nitrogens with one attached hydrogen (secondary N) is 1. The highest BCUT2D eigenvalue weighted by Gasteiger charge is 2.16. The van der Waals surface area contributed by atoms with Crippen LogP contribution in [-0.2, 0) is 11.3 Å². The van der Waals surface area contributed by atoms with E-state index in [1.807, 2.05) is 24.5 Å². The third kappa shape index (κ3) is 4.90. The molecule has 2 aliphatic rings. The van der Waals surface area contributed by atoms with Gasteiger partial charge in [-0.25, -0.2) is 14.4 Å². The van der Waals surface area contributed by atoms with E-state index >= 15 is 0 Å². The lowest BCUT2D eigenvalue weighted by Gasteiger charge is -2.26. The highest BCUT2D eigenvalue weighted by atomic mass is 19.1. The van der Waals surface area contributed by atoms with Crippen LogP contribution in [0, 0.1) is 5.82 Å². The standard InChI is InChI=1S/C21H25FN4O/c22-19-5-3-17(4-6-19)18-7-9-26(10-8-18)15-16-12-23-21(24-13-16)25-14-20-2-1-11-27-20/h3-7,12-13,20H,1-2,8-11,14-15H2,(H,23,24,25). The lowest BCUT2D eigenvalue weighted by atomic mass is 9.99. The van der Waals surface area contributed by atoms with Gasteiger partial charge in [-0.3, -0.25) is 4.90 Å². The minimum atomic E-state index is -0.189. The van der Waals surface area contributed by atoms with E-state index in [0.717, 1.165) is 63.2 Å². The van der Waals surface area contributed by atoms with Crippen molar-refractivity contribution in [2.45, 2.75) is 31.9 Å². The first-order valence-electron chi connectivity index (χ1n) is 9.60. The first kappa shape index (κ1) is 18.1. The van der Waals surface area contributed by atoms with Crippen molar-refractivity contribution in [1.29, 1.82) is 0 Å². The maximum Gasteiger partial charge on any atom is 0.222 e. The molecule has 0 spiro atoms. The third-order valence-corrected chi connectivity index (χ3v) is 5.13. The van der Waals surface area contributed by atoms with Crippen LogP contribution in [0.15, 0.2) is 42.7 Å². The smallest absolute Gasteiger partial charge is 0.222 e. The fourth-order valence-electron chi connectivity index (χ4n) is 3.58. The molecule has 2 aromatic rings. The fourth-order valence-corrected chi connectivity index (χ4v) is 3.58. The molecule has 1 aromatic carbocycles. The molecule has 1 atom stereocenters. The van der Waals surface area contributed by atoms with Crippen molar-refractivity contribution in [3.05, 3.63) is 59.7 Å². The Bertz CT molecular complexity index is 770. The molecule has 1 aromatic heterocycles. The van der Waals surface area contributed by atoms with Gasteiger partial charge in [0, 0.05) is 50.7 Å². The Morgan fingerprint density at radius 2 is 2.00 bits per heavy atom. The molecule has 1 fully saturated rings. The van der Waals surface area contributed by atoms with Crippen LogP contribution in [0.1, 0.15) is 30.4 Å². The van der Waals surface area contributed by atoms with Crippen molar-refractivity contribution >= 4 is 11.5 Å². The largest absolute Gasteiger partial charge is 0.376 e. The number of benzene rings is 1. The summed E-state index contributed by atoms with van der Waals surface area (Å²) in [7, 11) is 0. The van der Waals surface area contributed by atoms with Gasteiger partial charge in [-0.15, -0.1) is 0 Å². The number of anilines is 1. The van der Waals surface area contributed by atoms with Crippen molar-refractivity contribution in [3.63, 3.8) is 0 Å². The van der Waals surface area contributed by atoms with E-state index in [-0.39, 0.29) is 11.9 Å². The average molecular weight is 368 g/mol. The molecule has 0 radical (unpaired) electrons. The summed E-state index contributed by atoms with van der Waals surface area (Å²) in [5.41, 5.74) is 3.51. The zero-order valence-electron chi connectivity index (χ0n) is 15.4. The van der Waals surface area contributed by atoms with Crippen LogP contribution in [0.4, 0.5) is 10.3 Å². The molecule has 4 rings (SSSR count). The van der Waals surface area contributed by atoms with Gasteiger partial charge in [-0.05, 0) is 42.5 Å². The molecular formula is C21H25FN4O. The van der Waals surface area contributed by atoms with Gasteiger partial charge in [0.1, 0.15) is 5.82 Å². The molecule has 6 heteroatoms. The number of rotatable bonds is 6. The number of aromatic nitrogens is 2. The lowest BCUT2D eigenvalue weighted by Crippen LogP contribution is -2.28. The van der Waals surface area contributed by atoms with E-state index in [1.54, 1.807) is 0 Å². The molecule has 5 nitrogen and oxygen atoms in total. The van der Waals surface area contributed by atoms with Crippen LogP contribution in [0.5, 0.6) is 0 Å². The zero-order valence-corrected chi connectivity index (χ0v) is 15.4. The predicted molar refractivity (Wildman–Crippen MR) is 104 cm³/mol. The molecule has 0 aliphatic carbocycles. The molecule has 2 aliphatic heterocycles. The van der Waals surface area contributed by atoms with E-state index in [4.69, 9.17) is 4.74 Å². The van der Waals surface area contributed by atoms with Crippen LogP contribution < -0.4 is 5.32 Å². The van der Waals surface area contributed by atoms with Crippen molar-refractivity contribution in [3.8, 4) is 0 Å². The number of ether oxygens (including phenoxy) is 1. The van der Waals surface area contributed by atoms with Crippen LogP contribution in [0.3, 0.4) is 0 Å². The zero-order chi connectivity index (χ0) is 18.5. The summed E-state index contributed by atoms with van der Waals surface area (Å²) in [6, 6.07) is 6.75. The summed E-state index contributed by atoms with van der Waals surface area (Å²) < 4.78 is 18.7. The lowest BCUT2D eigenvalue weighted by molar-refractivity contribution is 0.120. The number of hydrogen-bond acceptors (Lipinski definition) is 5. The maximum absolute atomic E-state index is 13.1. The second kappa shape index (κ2) is 8.59. The average Bonchev–Trinajstić information content (AvgIpc) is 3.22. The van der Waals surface area contributed by atoms with Crippen LogP contribution in [0.2, 0.25) is 0 Å². The molecule has 142 valence electrons. The SMILES string of the molecule is Fc1ccc(C2=CCN(Cc3cnc(NCC4CCCO4)nc3)CC2)cc1.